The van der Waals surface area contributed by atoms with Crippen molar-refractivity contribution in [2.75, 3.05) is 0 Å². The second-order valence-corrected chi connectivity index (χ2v) is 7.21. The molecule has 0 spiro atoms. The van der Waals surface area contributed by atoms with Gasteiger partial charge in [-0.3, -0.25) is 0 Å². The minimum absolute atomic E-state index is 0.171. The van der Waals surface area contributed by atoms with Gasteiger partial charge in [-0.05, 0) is 23.1 Å². The highest BCUT2D eigenvalue weighted by Gasteiger charge is 2.06. The molecule has 124 valence electrons. The van der Waals surface area contributed by atoms with Gasteiger partial charge in [0.15, 0.2) is 0 Å². The largest absolute Gasteiger partial charge is 0.306 e. The number of rotatable bonds is 6. The third-order valence-electron chi connectivity index (χ3n) is 3.96. The molecule has 3 rings (SSSR count). The van der Waals surface area contributed by atoms with Crippen molar-refractivity contribution < 1.29 is 4.39 Å². The predicted octanol–water partition coefficient (Wildman–Crippen LogP) is 5.36. The van der Waals surface area contributed by atoms with Crippen LogP contribution in [0.25, 0.3) is 10.4 Å². The third kappa shape index (κ3) is 4.08. The Morgan fingerprint density at radius 2 is 1.79 bits per heavy atom. The second kappa shape index (κ2) is 7.69. The summed E-state index contributed by atoms with van der Waals surface area (Å²) in [7, 11) is 0. The average Bonchev–Trinajstić information content (AvgIpc) is 3.05. The summed E-state index contributed by atoms with van der Waals surface area (Å²) < 4.78 is 13.6. The Labute approximate surface area is 146 Å². The van der Waals surface area contributed by atoms with Gasteiger partial charge in [-0.25, -0.2) is 9.37 Å². The fraction of sp³-hybridized carbons (Fsp3) is 0.250. The summed E-state index contributed by atoms with van der Waals surface area (Å²) in [5.41, 5.74) is 3.21. The molecule has 0 atom stereocenters. The molecule has 0 aliphatic heterocycles. The number of thiazole rings is 1. The maximum atomic E-state index is 13.6. The molecule has 3 aromatic rings. The molecule has 2 aromatic carbocycles. The summed E-state index contributed by atoms with van der Waals surface area (Å²) in [6, 6.07) is 15.5. The Morgan fingerprint density at radius 3 is 2.50 bits per heavy atom. The van der Waals surface area contributed by atoms with Crippen LogP contribution in [-0.2, 0) is 13.1 Å². The minimum Gasteiger partial charge on any atom is -0.306 e. The molecule has 1 N–H and O–H groups in total. The maximum Gasteiger partial charge on any atom is 0.127 e. The lowest BCUT2D eigenvalue weighted by Crippen LogP contribution is -2.13. The van der Waals surface area contributed by atoms with Crippen LogP contribution in [0.3, 0.4) is 0 Å². The topological polar surface area (TPSA) is 24.9 Å². The van der Waals surface area contributed by atoms with E-state index in [1.54, 1.807) is 23.5 Å². The van der Waals surface area contributed by atoms with E-state index >= 15 is 0 Å². The van der Waals surface area contributed by atoms with E-state index < -0.39 is 0 Å². The van der Waals surface area contributed by atoms with E-state index in [0.29, 0.717) is 24.6 Å². The summed E-state index contributed by atoms with van der Waals surface area (Å²) >= 11 is 1.67. The lowest BCUT2D eigenvalue weighted by molar-refractivity contribution is 0.587. The molecule has 1 aromatic heterocycles. The number of aromatic nitrogens is 1. The lowest BCUT2D eigenvalue weighted by atomic mass is 10.0. The van der Waals surface area contributed by atoms with Gasteiger partial charge >= 0.3 is 0 Å². The van der Waals surface area contributed by atoms with Crippen LogP contribution < -0.4 is 5.32 Å². The molecule has 0 bridgehead atoms. The van der Waals surface area contributed by atoms with Gasteiger partial charge in [0, 0.05) is 24.8 Å². The van der Waals surface area contributed by atoms with E-state index in [1.807, 2.05) is 12.3 Å². The van der Waals surface area contributed by atoms with Crippen molar-refractivity contribution in [3.8, 4) is 10.4 Å². The molecule has 0 radical (unpaired) electrons. The van der Waals surface area contributed by atoms with Gasteiger partial charge in [0.25, 0.3) is 0 Å². The minimum atomic E-state index is -0.171. The molecular formula is C20H21FN2S. The first-order chi connectivity index (χ1) is 11.6. The molecule has 0 aliphatic carbocycles. The number of benzene rings is 2. The Bertz CT molecular complexity index is 793. The fourth-order valence-electron chi connectivity index (χ4n) is 2.50. The molecule has 1 heterocycles. The van der Waals surface area contributed by atoms with Crippen molar-refractivity contribution in [2.45, 2.75) is 32.9 Å². The molecule has 24 heavy (non-hydrogen) atoms. The lowest BCUT2D eigenvalue weighted by Gasteiger charge is -2.05. The van der Waals surface area contributed by atoms with Gasteiger partial charge in [-0.15, -0.1) is 11.3 Å². The van der Waals surface area contributed by atoms with E-state index in [2.05, 4.69) is 48.4 Å². The zero-order valence-electron chi connectivity index (χ0n) is 13.9. The zero-order chi connectivity index (χ0) is 16.9. The standard InChI is InChI=1S/C20H21FN2S/c1-14(2)15-7-9-16(10-8-15)19-12-23-20(24-19)13-22-11-17-5-3-4-6-18(17)21/h3-10,12,14,22H,11,13H2,1-2H3. The van der Waals surface area contributed by atoms with Crippen LogP contribution in [0.2, 0.25) is 0 Å². The first-order valence-corrected chi connectivity index (χ1v) is 8.94. The summed E-state index contributed by atoms with van der Waals surface area (Å²) in [5.74, 6) is 0.369. The van der Waals surface area contributed by atoms with Crippen LogP contribution in [0.15, 0.2) is 54.7 Å². The van der Waals surface area contributed by atoms with Crippen molar-refractivity contribution in [1.29, 1.82) is 0 Å². The van der Waals surface area contributed by atoms with Crippen LogP contribution >= 0.6 is 11.3 Å². The van der Waals surface area contributed by atoms with Crippen molar-refractivity contribution in [2.24, 2.45) is 0 Å². The first kappa shape index (κ1) is 16.8. The SMILES string of the molecule is CC(C)c1ccc(-c2cnc(CNCc3ccccc3F)s2)cc1. The number of nitrogens with one attached hydrogen (secondary N) is 1. The molecule has 4 heteroatoms. The molecule has 0 saturated heterocycles. The molecule has 2 nitrogen and oxygen atoms in total. The molecule has 0 amide bonds. The molecule has 0 unspecified atom stereocenters. The smallest absolute Gasteiger partial charge is 0.127 e. The van der Waals surface area contributed by atoms with Gasteiger partial charge in [-0.2, -0.15) is 0 Å². The Kier molecular flexibility index (Phi) is 5.38. The predicted molar refractivity (Wildman–Crippen MR) is 98.6 cm³/mol. The highest BCUT2D eigenvalue weighted by atomic mass is 32.1. The number of hydrogen-bond acceptors (Lipinski definition) is 3. The third-order valence-corrected chi connectivity index (χ3v) is 5.01. The van der Waals surface area contributed by atoms with E-state index in [0.717, 1.165) is 9.88 Å². The molecular weight excluding hydrogens is 319 g/mol. The number of hydrogen-bond donors (Lipinski definition) is 1. The zero-order valence-corrected chi connectivity index (χ0v) is 14.7. The van der Waals surface area contributed by atoms with Crippen molar-refractivity contribution >= 4 is 11.3 Å². The van der Waals surface area contributed by atoms with E-state index in [9.17, 15) is 4.39 Å². The average molecular weight is 340 g/mol. The van der Waals surface area contributed by atoms with Crippen molar-refractivity contribution in [3.05, 3.63) is 76.7 Å². The van der Waals surface area contributed by atoms with Crippen LogP contribution in [0.1, 0.15) is 35.9 Å². The summed E-state index contributed by atoms with van der Waals surface area (Å²) in [4.78, 5) is 5.63. The number of nitrogens with zero attached hydrogens (tertiary/aromatic N) is 1. The van der Waals surface area contributed by atoms with Crippen LogP contribution in [0, 0.1) is 5.82 Å². The van der Waals surface area contributed by atoms with Crippen molar-refractivity contribution in [1.82, 2.24) is 10.3 Å². The Hall–Kier alpha value is -2.04. The Morgan fingerprint density at radius 1 is 1.04 bits per heavy atom. The molecule has 0 saturated carbocycles. The summed E-state index contributed by atoms with van der Waals surface area (Å²) in [6.45, 7) is 5.54. The van der Waals surface area contributed by atoms with E-state index in [1.165, 1.54) is 17.2 Å². The van der Waals surface area contributed by atoms with E-state index in [4.69, 9.17) is 0 Å². The van der Waals surface area contributed by atoms with Gasteiger partial charge < -0.3 is 5.32 Å². The highest BCUT2D eigenvalue weighted by molar-refractivity contribution is 7.15. The summed E-state index contributed by atoms with van der Waals surface area (Å²) in [5, 5.41) is 4.26. The van der Waals surface area contributed by atoms with E-state index in [-0.39, 0.29) is 5.82 Å². The number of halogens is 1. The van der Waals surface area contributed by atoms with Crippen LogP contribution in [0.5, 0.6) is 0 Å². The second-order valence-electron chi connectivity index (χ2n) is 6.09. The fourth-order valence-corrected chi connectivity index (χ4v) is 3.40. The summed E-state index contributed by atoms with van der Waals surface area (Å²) in [6.07, 6.45) is 1.91. The van der Waals surface area contributed by atoms with Gasteiger partial charge in [-0.1, -0.05) is 56.3 Å². The van der Waals surface area contributed by atoms with Crippen LogP contribution in [0.4, 0.5) is 4.39 Å². The van der Waals surface area contributed by atoms with Gasteiger partial charge in [0.05, 0.1) is 4.88 Å². The first-order valence-electron chi connectivity index (χ1n) is 8.12. The normalized spacial score (nSPS) is 11.2. The molecule has 0 fully saturated rings. The quantitative estimate of drug-likeness (QED) is 0.653. The Balaban J connectivity index is 1.60. The monoisotopic (exact) mass is 340 g/mol. The van der Waals surface area contributed by atoms with Gasteiger partial charge in [0.2, 0.25) is 0 Å². The highest BCUT2D eigenvalue weighted by Crippen LogP contribution is 2.27. The maximum absolute atomic E-state index is 13.6. The van der Waals surface area contributed by atoms with Crippen molar-refractivity contribution in [3.63, 3.8) is 0 Å². The molecule has 0 aliphatic rings. The van der Waals surface area contributed by atoms with Gasteiger partial charge in [0.1, 0.15) is 10.8 Å². The van der Waals surface area contributed by atoms with Crippen LogP contribution in [-0.4, -0.2) is 4.98 Å².